The molecule has 0 N–H and O–H groups in total. The number of amides is 1. The van der Waals surface area contributed by atoms with Crippen LogP contribution in [0.4, 0.5) is 5.69 Å². The number of anilines is 1. The van der Waals surface area contributed by atoms with Crippen molar-refractivity contribution in [1.29, 1.82) is 0 Å². The molecule has 1 aliphatic heterocycles. The van der Waals surface area contributed by atoms with Gasteiger partial charge in [-0.3, -0.25) is 9.59 Å². The van der Waals surface area contributed by atoms with Crippen molar-refractivity contribution in [1.82, 2.24) is 0 Å². The predicted molar refractivity (Wildman–Crippen MR) is 93.7 cm³/mol. The van der Waals surface area contributed by atoms with Crippen molar-refractivity contribution in [2.75, 3.05) is 11.4 Å². The topological polar surface area (TPSA) is 37.4 Å². The minimum Gasteiger partial charge on any atom is -0.311 e. The first-order valence-corrected chi connectivity index (χ1v) is 8.68. The lowest BCUT2D eigenvalue weighted by atomic mass is 10.1. The predicted octanol–water partition coefficient (Wildman–Crippen LogP) is 3.64. The highest BCUT2D eigenvalue weighted by Gasteiger charge is 2.32. The lowest BCUT2D eigenvalue weighted by molar-refractivity contribution is -0.117. The normalized spacial score (nSPS) is 18.9. The van der Waals surface area contributed by atoms with Gasteiger partial charge in [0.15, 0.2) is 5.12 Å². The monoisotopic (exact) mass is 323 g/mol. The quantitative estimate of drug-likeness (QED) is 0.722. The molecule has 23 heavy (non-hydrogen) atoms. The Morgan fingerprint density at radius 3 is 2.74 bits per heavy atom. The van der Waals surface area contributed by atoms with Crippen molar-refractivity contribution >= 4 is 28.5 Å². The summed E-state index contributed by atoms with van der Waals surface area (Å²) in [6.45, 7) is 2.18. The van der Waals surface area contributed by atoms with Crippen LogP contribution in [0.2, 0.25) is 0 Å². The molecule has 0 aromatic heterocycles. The summed E-state index contributed by atoms with van der Waals surface area (Å²) in [6.07, 6.45) is 1.37. The summed E-state index contributed by atoms with van der Waals surface area (Å²) in [5.74, 6) is 0.110. The number of nitrogens with zero attached hydrogens (tertiary/aromatic N) is 1. The Morgan fingerprint density at radius 2 is 1.91 bits per heavy atom. The summed E-state index contributed by atoms with van der Waals surface area (Å²) in [5.41, 5.74) is 6.14. The minimum absolute atomic E-state index is 0.0745. The lowest BCUT2D eigenvalue weighted by Crippen LogP contribution is -2.25. The zero-order chi connectivity index (χ0) is 16.0. The van der Waals surface area contributed by atoms with E-state index < -0.39 is 0 Å². The average Bonchev–Trinajstić information content (AvgIpc) is 3.06. The number of hydrogen-bond acceptors (Lipinski definition) is 3. The van der Waals surface area contributed by atoms with Crippen LogP contribution in [0.15, 0.2) is 42.5 Å². The van der Waals surface area contributed by atoms with Gasteiger partial charge in [0, 0.05) is 30.8 Å². The number of carbonyl (C=O) groups excluding carboxylic acids is 2. The molecule has 2 aliphatic rings. The van der Waals surface area contributed by atoms with E-state index in [1.807, 2.05) is 11.0 Å². The molecule has 1 unspecified atom stereocenters. The third kappa shape index (κ3) is 2.57. The van der Waals surface area contributed by atoms with Gasteiger partial charge in [0.25, 0.3) is 0 Å². The van der Waals surface area contributed by atoms with Gasteiger partial charge in [-0.15, -0.1) is 0 Å². The number of hydrogen-bond donors (Lipinski definition) is 0. The van der Waals surface area contributed by atoms with Gasteiger partial charge < -0.3 is 4.90 Å². The van der Waals surface area contributed by atoms with Crippen molar-refractivity contribution in [3.05, 3.63) is 53.6 Å². The second-order valence-corrected chi connectivity index (χ2v) is 7.59. The Labute approximate surface area is 139 Å². The van der Waals surface area contributed by atoms with Crippen LogP contribution in [-0.4, -0.2) is 22.8 Å². The van der Waals surface area contributed by atoms with Gasteiger partial charge in [-0.25, -0.2) is 0 Å². The molecule has 3 nitrogen and oxygen atoms in total. The smallest absolute Gasteiger partial charge is 0.228 e. The first kappa shape index (κ1) is 14.5. The van der Waals surface area contributed by atoms with E-state index in [0.717, 1.165) is 12.1 Å². The maximum Gasteiger partial charge on any atom is 0.228 e. The second kappa shape index (κ2) is 5.53. The summed E-state index contributed by atoms with van der Waals surface area (Å²) in [6, 6.07) is 14.7. The summed E-state index contributed by atoms with van der Waals surface area (Å²) in [4.78, 5) is 25.4. The molecule has 0 radical (unpaired) electrons. The molecule has 4 rings (SSSR count). The summed E-state index contributed by atoms with van der Waals surface area (Å²) in [7, 11) is 0. The molecule has 2 aromatic carbocycles. The van der Waals surface area contributed by atoms with Crippen LogP contribution in [-0.2, 0) is 16.0 Å². The van der Waals surface area contributed by atoms with Crippen LogP contribution in [0.1, 0.15) is 24.5 Å². The highest BCUT2D eigenvalue weighted by Crippen LogP contribution is 2.39. The van der Waals surface area contributed by atoms with Crippen molar-refractivity contribution in [3.8, 4) is 11.1 Å². The lowest BCUT2D eigenvalue weighted by Gasteiger charge is -2.17. The Morgan fingerprint density at radius 1 is 1.13 bits per heavy atom. The van der Waals surface area contributed by atoms with Crippen LogP contribution in [0.3, 0.4) is 0 Å². The number of carbonyl (C=O) groups is 2. The molecule has 1 fully saturated rings. The van der Waals surface area contributed by atoms with Gasteiger partial charge >= 0.3 is 0 Å². The van der Waals surface area contributed by atoms with Crippen LogP contribution in [0, 0.1) is 0 Å². The molecule has 1 saturated heterocycles. The molecule has 1 amide bonds. The van der Waals surface area contributed by atoms with E-state index in [1.54, 1.807) is 6.92 Å². The fraction of sp³-hybridized carbons (Fsp3) is 0.263. The highest BCUT2D eigenvalue weighted by atomic mass is 32.2. The van der Waals surface area contributed by atoms with Gasteiger partial charge in [-0.1, -0.05) is 42.1 Å². The van der Waals surface area contributed by atoms with Crippen molar-refractivity contribution in [2.45, 2.75) is 25.0 Å². The Balaban J connectivity index is 1.61. The number of benzene rings is 2. The van der Waals surface area contributed by atoms with Gasteiger partial charge in [-0.2, -0.15) is 0 Å². The molecule has 1 aliphatic carbocycles. The van der Waals surface area contributed by atoms with Crippen LogP contribution in [0.25, 0.3) is 11.1 Å². The zero-order valence-corrected chi connectivity index (χ0v) is 13.7. The number of rotatable bonds is 2. The van der Waals surface area contributed by atoms with Crippen molar-refractivity contribution in [2.24, 2.45) is 0 Å². The van der Waals surface area contributed by atoms with Crippen LogP contribution >= 0.6 is 11.8 Å². The Bertz CT molecular complexity index is 815. The van der Waals surface area contributed by atoms with Gasteiger partial charge in [0.1, 0.15) is 0 Å². The summed E-state index contributed by atoms with van der Waals surface area (Å²) in [5, 5.41) is 0.152. The molecule has 4 heteroatoms. The van der Waals surface area contributed by atoms with E-state index >= 15 is 0 Å². The largest absolute Gasteiger partial charge is 0.311 e. The second-order valence-electron chi connectivity index (χ2n) is 6.12. The first-order valence-electron chi connectivity index (χ1n) is 7.80. The van der Waals surface area contributed by atoms with Crippen LogP contribution < -0.4 is 4.90 Å². The molecule has 0 saturated carbocycles. The number of thioether (sulfide) groups is 1. The van der Waals surface area contributed by atoms with E-state index in [9.17, 15) is 9.59 Å². The molecule has 2 aromatic rings. The molecule has 1 heterocycles. The van der Waals surface area contributed by atoms with E-state index in [4.69, 9.17) is 0 Å². The highest BCUT2D eigenvalue weighted by molar-refractivity contribution is 8.14. The van der Waals surface area contributed by atoms with E-state index in [1.165, 1.54) is 34.0 Å². The Kier molecular flexibility index (Phi) is 3.49. The van der Waals surface area contributed by atoms with Crippen LogP contribution in [0.5, 0.6) is 0 Å². The molecule has 1 atom stereocenters. The molecular weight excluding hydrogens is 306 g/mol. The molecule has 0 spiro atoms. The van der Waals surface area contributed by atoms with E-state index in [0.29, 0.717) is 13.0 Å². The van der Waals surface area contributed by atoms with E-state index in [2.05, 4.69) is 36.4 Å². The molecular formula is C19H17NO2S. The van der Waals surface area contributed by atoms with Crippen molar-refractivity contribution in [3.63, 3.8) is 0 Å². The summed E-state index contributed by atoms with van der Waals surface area (Å²) >= 11 is 1.28. The minimum atomic E-state index is 0.0745. The van der Waals surface area contributed by atoms with E-state index in [-0.39, 0.29) is 16.3 Å². The molecule has 116 valence electrons. The fourth-order valence-electron chi connectivity index (χ4n) is 3.54. The number of fused-ring (bicyclic) bond motifs is 3. The maximum atomic E-state index is 12.3. The van der Waals surface area contributed by atoms with Gasteiger partial charge in [0.05, 0.1) is 0 Å². The third-order valence-corrected chi connectivity index (χ3v) is 5.49. The average molecular weight is 323 g/mol. The first-order chi connectivity index (χ1) is 11.1. The Hall–Kier alpha value is -2.07. The van der Waals surface area contributed by atoms with Gasteiger partial charge in [0.2, 0.25) is 5.91 Å². The van der Waals surface area contributed by atoms with Crippen molar-refractivity contribution < 1.29 is 9.59 Å². The zero-order valence-electron chi connectivity index (χ0n) is 12.9. The standard InChI is InChI=1S/C19H17NO2S/c1-12(21)23-16-10-19(22)20(11-16)15-6-7-18-14(9-15)8-13-4-2-3-5-17(13)18/h2-7,9,16H,8,10-11H2,1H3. The molecule has 0 bridgehead atoms. The maximum absolute atomic E-state index is 12.3. The SMILES string of the molecule is CC(=O)SC1CC(=O)N(c2ccc3c(c2)Cc2ccccc2-3)C1. The fourth-order valence-corrected chi connectivity index (χ4v) is 4.46. The third-order valence-electron chi connectivity index (χ3n) is 4.51. The summed E-state index contributed by atoms with van der Waals surface area (Å²) < 4.78 is 0. The van der Waals surface area contributed by atoms with Gasteiger partial charge in [-0.05, 0) is 40.8 Å².